The average molecular weight is 418 g/mol. The number of aryl methyl sites for hydroxylation is 2. The van der Waals surface area contributed by atoms with E-state index in [2.05, 4.69) is 27.4 Å². The number of nitriles is 1. The molecule has 1 saturated carbocycles. The summed E-state index contributed by atoms with van der Waals surface area (Å²) in [6.45, 7) is 4.07. The number of halogens is 1. The summed E-state index contributed by atoms with van der Waals surface area (Å²) in [6, 6.07) is 5.80. The number of nitrogens with one attached hydrogen (secondary N) is 1. The number of rotatable bonds is 6. The van der Waals surface area contributed by atoms with Crippen molar-refractivity contribution in [1.82, 2.24) is 9.97 Å². The van der Waals surface area contributed by atoms with Gasteiger partial charge in [-0.15, -0.1) is 0 Å². The van der Waals surface area contributed by atoms with E-state index in [1.165, 1.54) is 18.2 Å². The van der Waals surface area contributed by atoms with Gasteiger partial charge < -0.3 is 10.1 Å². The quantitative estimate of drug-likeness (QED) is 0.757. The van der Waals surface area contributed by atoms with Crippen LogP contribution >= 0.6 is 0 Å². The minimum Gasteiger partial charge on any atom is -0.489 e. The SMILES string of the molecule is Cc1ncc(OC[C@@]2(C3C=CC=CC3)C[C@H]2C(=O)Nc2ccc(F)c(C#N)c2)c(C)n1. The number of benzene rings is 1. The Kier molecular flexibility index (Phi) is 5.55. The number of carbonyl (C=O) groups is 1. The maximum atomic E-state index is 13.6. The van der Waals surface area contributed by atoms with Crippen LogP contribution in [0.25, 0.3) is 0 Å². The molecule has 7 heteroatoms. The van der Waals surface area contributed by atoms with E-state index in [4.69, 9.17) is 10.00 Å². The van der Waals surface area contributed by atoms with E-state index in [9.17, 15) is 9.18 Å². The molecule has 31 heavy (non-hydrogen) atoms. The van der Waals surface area contributed by atoms with Crippen molar-refractivity contribution in [3.63, 3.8) is 0 Å². The minimum absolute atomic E-state index is 0.0987. The van der Waals surface area contributed by atoms with Crippen molar-refractivity contribution in [2.75, 3.05) is 11.9 Å². The fourth-order valence-corrected chi connectivity index (χ4v) is 4.20. The predicted octanol–water partition coefficient (Wildman–Crippen LogP) is 4.26. The Morgan fingerprint density at radius 1 is 1.39 bits per heavy atom. The van der Waals surface area contributed by atoms with Crippen molar-refractivity contribution in [2.45, 2.75) is 26.7 Å². The van der Waals surface area contributed by atoms with Crippen LogP contribution in [0.5, 0.6) is 5.75 Å². The van der Waals surface area contributed by atoms with Crippen molar-refractivity contribution in [3.8, 4) is 11.8 Å². The minimum atomic E-state index is -0.607. The summed E-state index contributed by atoms with van der Waals surface area (Å²) in [6.07, 6.45) is 11.4. The molecule has 1 fully saturated rings. The van der Waals surface area contributed by atoms with Gasteiger partial charge in [-0.05, 0) is 50.8 Å². The van der Waals surface area contributed by atoms with E-state index >= 15 is 0 Å². The fourth-order valence-electron chi connectivity index (χ4n) is 4.20. The summed E-state index contributed by atoms with van der Waals surface area (Å²) in [5.41, 5.74) is 0.726. The van der Waals surface area contributed by atoms with Crippen molar-refractivity contribution in [3.05, 3.63) is 71.6 Å². The number of nitrogens with zero attached hydrogens (tertiary/aromatic N) is 3. The molecule has 1 N–H and O–H groups in total. The molecule has 0 spiro atoms. The van der Waals surface area contributed by atoms with E-state index in [1.807, 2.05) is 26.0 Å². The normalized spacial score (nSPS) is 23.8. The lowest BCUT2D eigenvalue weighted by atomic mass is 9.82. The highest BCUT2D eigenvalue weighted by molar-refractivity contribution is 5.95. The second-order valence-corrected chi connectivity index (χ2v) is 8.10. The lowest BCUT2D eigenvalue weighted by Crippen LogP contribution is -2.29. The molecule has 1 aromatic heterocycles. The smallest absolute Gasteiger partial charge is 0.228 e. The van der Waals surface area contributed by atoms with Crippen LogP contribution in [0, 0.1) is 48.2 Å². The third-order valence-electron chi connectivity index (χ3n) is 6.06. The van der Waals surface area contributed by atoms with Crippen molar-refractivity contribution < 1.29 is 13.9 Å². The highest BCUT2D eigenvalue weighted by Gasteiger charge is 2.62. The molecule has 3 atom stereocenters. The number of anilines is 1. The van der Waals surface area contributed by atoms with Gasteiger partial charge in [0.25, 0.3) is 0 Å². The van der Waals surface area contributed by atoms with Crippen LogP contribution in [0.4, 0.5) is 10.1 Å². The Morgan fingerprint density at radius 3 is 2.94 bits per heavy atom. The van der Waals surface area contributed by atoms with Crippen LogP contribution in [0.1, 0.15) is 29.9 Å². The summed E-state index contributed by atoms with van der Waals surface area (Å²) in [4.78, 5) is 21.6. The van der Waals surface area contributed by atoms with Gasteiger partial charge in [-0.2, -0.15) is 5.26 Å². The van der Waals surface area contributed by atoms with Gasteiger partial charge in [0.15, 0.2) is 5.75 Å². The molecule has 2 aromatic rings. The standard InChI is InChI=1S/C24H23FN4O2/c1-15-22(13-27-16(2)28-15)31-14-24(18-6-4-3-5-7-18)11-20(24)23(30)29-19-8-9-21(25)17(10-19)12-26/h3-6,8-10,13,18,20H,7,11,14H2,1-2H3,(H,29,30)/t18?,20-,24+/m0/s1. The summed E-state index contributed by atoms with van der Waals surface area (Å²) in [5.74, 6) is 0.449. The molecule has 2 aliphatic rings. The molecular weight excluding hydrogens is 395 g/mol. The molecule has 4 rings (SSSR count). The first-order chi connectivity index (χ1) is 14.9. The Morgan fingerprint density at radius 2 is 2.23 bits per heavy atom. The summed E-state index contributed by atoms with van der Waals surface area (Å²) < 4.78 is 19.7. The van der Waals surface area contributed by atoms with E-state index in [1.54, 1.807) is 12.3 Å². The molecule has 1 heterocycles. The molecular formula is C24H23FN4O2. The van der Waals surface area contributed by atoms with Crippen LogP contribution in [0.15, 0.2) is 48.7 Å². The molecule has 0 radical (unpaired) electrons. The van der Waals surface area contributed by atoms with Crippen molar-refractivity contribution >= 4 is 11.6 Å². The van der Waals surface area contributed by atoms with Gasteiger partial charge in [0.2, 0.25) is 5.91 Å². The van der Waals surface area contributed by atoms with Gasteiger partial charge in [0, 0.05) is 17.0 Å². The molecule has 1 unspecified atom stereocenters. The number of ether oxygens (including phenoxy) is 1. The number of hydrogen-bond donors (Lipinski definition) is 1. The van der Waals surface area contributed by atoms with Crippen LogP contribution in [-0.4, -0.2) is 22.5 Å². The highest BCUT2D eigenvalue weighted by atomic mass is 19.1. The first kappa shape index (κ1) is 20.7. The summed E-state index contributed by atoms with van der Waals surface area (Å²) in [5, 5.41) is 11.9. The number of carbonyl (C=O) groups excluding carboxylic acids is 1. The molecule has 0 bridgehead atoms. The van der Waals surface area contributed by atoms with Gasteiger partial charge in [-0.3, -0.25) is 4.79 Å². The lowest BCUT2D eigenvalue weighted by Gasteiger charge is -2.26. The number of hydrogen-bond acceptors (Lipinski definition) is 5. The molecule has 1 aromatic carbocycles. The monoisotopic (exact) mass is 418 g/mol. The van der Waals surface area contributed by atoms with Crippen molar-refractivity contribution in [1.29, 1.82) is 5.26 Å². The maximum absolute atomic E-state index is 13.6. The largest absolute Gasteiger partial charge is 0.489 e. The second kappa shape index (κ2) is 8.31. The first-order valence-electron chi connectivity index (χ1n) is 10.2. The van der Waals surface area contributed by atoms with E-state index in [0.717, 1.165) is 12.1 Å². The zero-order valence-electron chi connectivity index (χ0n) is 17.4. The fraction of sp³-hybridized carbons (Fsp3) is 0.333. The molecule has 0 saturated heterocycles. The summed E-state index contributed by atoms with van der Waals surface area (Å²) in [7, 11) is 0. The third kappa shape index (κ3) is 4.19. The Labute approximate surface area is 180 Å². The van der Waals surface area contributed by atoms with Crippen LogP contribution in [0.3, 0.4) is 0 Å². The summed E-state index contributed by atoms with van der Waals surface area (Å²) >= 11 is 0. The van der Waals surface area contributed by atoms with Crippen LogP contribution < -0.4 is 10.1 Å². The molecule has 0 aliphatic heterocycles. The zero-order valence-corrected chi connectivity index (χ0v) is 17.4. The number of amides is 1. The van der Waals surface area contributed by atoms with Crippen molar-refractivity contribution in [2.24, 2.45) is 17.3 Å². The van der Waals surface area contributed by atoms with Gasteiger partial charge in [0.05, 0.1) is 24.1 Å². The Balaban J connectivity index is 1.51. The van der Waals surface area contributed by atoms with Gasteiger partial charge in [0.1, 0.15) is 17.7 Å². The zero-order chi connectivity index (χ0) is 22.0. The van der Waals surface area contributed by atoms with Crippen LogP contribution in [0.2, 0.25) is 0 Å². The van der Waals surface area contributed by atoms with E-state index in [-0.39, 0.29) is 28.7 Å². The molecule has 2 aliphatic carbocycles. The molecule has 1 amide bonds. The second-order valence-electron chi connectivity index (χ2n) is 8.10. The number of allylic oxidation sites excluding steroid dienone is 4. The van der Waals surface area contributed by atoms with Gasteiger partial charge in [-0.1, -0.05) is 24.3 Å². The predicted molar refractivity (Wildman–Crippen MR) is 114 cm³/mol. The van der Waals surface area contributed by atoms with Gasteiger partial charge in [-0.25, -0.2) is 14.4 Å². The Bertz CT molecular complexity index is 1120. The third-order valence-corrected chi connectivity index (χ3v) is 6.06. The molecule has 6 nitrogen and oxygen atoms in total. The maximum Gasteiger partial charge on any atom is 0.228 e. The van der Waals surface area contributed by atoms with E-state index < -0.39 is 5.82 Å². The first-order valence-corrected chi connectivity index (χ1v) is 10.2. The highest BCUT2D eigenvalue weighted by Crippen LogP contribution is 2.60. The lowest BCUT2D eigenvalue weighted by molar-refractivity contribution is -0.118. The van der Waals surface area contributed by atoms with Gasteiger partial charge >= 0.3 is 0 Å². The Hall–Kier alpha value is -3.53. The van der Waals surface area contributed by atoms with E-state index in [0.29, 0.717) is 30.3 Å². The molecule has 158 valence electrons. The topological polar surface area (TPSA) is 87.9 Å². The van der Waals surface area contributed by atoms with Crippen LogP contribution in [-0.2, 0) is 4.79 Å². The average Bonchev–Trinajstić information content (AvgIpc) is 3.51. The number of aromatic nitrogens is 2.